The zero-order chi connectivity index (χ0) is 9.26. The fourth-order valence-electron chi connectivity index (χ4n) is 1.36. The molecule has 2 heterocycles. The van der Waals surface area contributed by atoms with Crippen LogP contribution in [0.1, 0.15) is 13.3 Å². The predicted octanol–water partition coefficient (Wildman–Crippen LogP) is 1.78. The molecule has 1 fully saturated rings. The summed E-state index contributed by atoms with van der Waals surface area (Å²) in [7, 11) is 0. The van der Waals surface area contributed by atoms with E-state index in [1.807, 2.05) is 6.92 Å². The molecule has 0 aromatic carbocycles. The molecule has 1 N–H and O–H groups in total. The first-order chi connectivity index (χ1) is 6.27. The predicted molar refractivity (Wildman–Crippen MR) is 52.4 cm³/mol. The number of nitrogens with one attached hydrogen (secondary N) is 1. The van der Waals surface area contributed by atoms with Gasteiger partial charge in [-0.3, -0.25) is 0 Å². The highest BCUT2D eigenvalue weighted by Crippen LogP contribution is 2.23. The lowest BCUT2D eigenvalue weighted by molar-refractivity contribution is 0.121. The largest absolute Gasteiger partial charge is 0.376 e. The Hall–Kier alpha value is -0.390. The van der Waals surface area contributed by atoms with Crippen LogP contribution in [0.2, 0.25) is 5.15 Å². The summed E-state index contributed by atoms with van der Waals surface area (Å²) in [5, 5.41) is 3.67. The molecular weight excluding hydrogens is 210 g/mol. The molecule has 13 heavy (non-hydrogen) atoms. The molecule has 6 heteroatoms. The Morgan fingerprint density at radius 2 is 2.46 bits per heavy atom. The minimum Gasteiger partial charge on any atom is -0.376 e. The molecule has 4 nitrogen and oxygen atoms in total. The van der Waals surface area contributed by atoms with Crippen LogP contribution in [0.4, 0.5) is 5.82 Å². The lowest BCUT2D eigenvalue weighted by Gasteiger charge is -2.14. The summed E-state index contributed by atoms with van der Waals surface area (Å²) < 4.78 is 13.3. The second-order valence-corrected chi connectivity index (χ2v) is 3.91. The van der Waals surface area contributed by atoms with Crippen LogP contribution >= 0.6 is 23.3 Å². The minimum absolute atomic E-state index is 0.220. The molecule has 0 amide bonds. The Balaban J connectivity index is 2.01. The van der Waals surface area contributed by atoms with Gasteiger partial charge in [0.1, 0.15) is 0 Å². The summed E-state index contributed by atoms with van der Waals surface area (Å²) >= 11 is 6.91. The van der Waals surface area contributed by atoms with Gasteiger partial charge in [0.25, 0.3) is 0 Å². The molecule has 0 saturated carbocycles. The zero-order valence-corrected chi connectivity index (χ0v) is 8.73. The molecule has 1 aromatic heterocycles. The fraction of sp³-hybridized carbons (Fsp3) is 0.714. The van der Waals surface area contributed by atoms with Crippen LogP contribution in [0.25, 0.3) is 0 Å². The van der Waals surface area contributed by atoms with Gasteiger partial charge in [0.05, 0.1) is 23.9 Å². The van der Waals surface area contributed by atoms with Crippen molar-refractivity contribution in [3.05, 3.63) is 5.15 Å². The highest BCUT2D eigenvalue weighted by Gasteiger charge is 2.25. The Bertz CT molecular complexity index is 293. The molecule has 2 unspecified atom stereocenters. The van der Waals surface area contributed by atoms with Gasteiger partial charge in [-0.25, -0.2) is 0 Å². The average Bonchev–Trinajstić information content (AvgIpc) is 2.65. The molecule has 1 aromatic rings. The van der Waals surface area contributed by atoms with E-state index >= 15 is 0 Å². The van der Waals surface area contributed by atoms with Crippen molar-refractivity contribution in [1.82, 2.24) is 8.75 Å². The Morgan fingerprint density at radius 3 is 3.00 bits per heavy atom. The third-order valence-corrected chi connectivity index (χ3v) is 3.04. The molecule has 2 rings (SSSR count). The van der Waals surface area contributed by atoms with Crippen molar-refractivity contribution in [2.45, 2.75) is 25.5 Å². The monoisotopic (exact) mass is 219 g/mol. The average molecular weight is 220 g/mol. The number of anilines is 1. The van der Waals surface area contributed by atoms with E-state index in [-0.39, 0.29) is 6.10 Å². The zero-order valence-electron chi connectivity index (χ0n) is 7.16. The molecule has 0 bridgehead atoms. The highest BCUT2D eigenvalue weighted by molar-refractivity contribution is 6.99. The first-order valence-electron chi connectivity index (χ1n) is 4.13. The number of halogens is 1. The first-order valence-corrected chi connectivity index (χ1v) is 5.24. The quantitative estimate of drug-likeness (QED) is 0.824. The van der Waals surface area contributed by atoms with E-state index in [2.05, 4.69) is 14.1 Å². The van der Waals surface area contributed by atoms with Gasteiger partial charge < -0.3 is 10.1 Å². The van der Waals surface area contributed by atoms with E-state index in [0.717, 1.165) is 24.8 Å². The third kappa shape index (κ3) is 1.92. The van der Waals surface area contributed by atoms with Crippen molar-refractivity contribution >= 4 is 29.1 Å². The Morgan fingerprint density at radius 1 is 1.62 bits per heavy atom. The number of rotatable bonds is 2. The van der Waals surface area contributed by atoms with Crippen LogP contribution in [-0.4, -0.2) is 27.5 Å². The summed E-state index contributed by atoms with van der Waals surface area (Å²) in [6.07, 6.45) is 1.22. The number of hydrogen-bond acceptors (Lipinski definition) is 5. The molecule has 0 aliphatic carbocycles. The van der Waals surface area contributed by atoms with Gasteiger partial charge in [-0.1, -0.05) is 11.6 Å². The molecule has 0 spiro atoms. The standard InChI is InChI=1S/C7H10ClN3OS/c1-4-5(2-3-12-4)9-7-6(8)10-13-11-7/h4-5H,2-3H2,1H3,(H,9,11). The maximum absolute atomic E-state index is 5.80. The smallest absolute Gasteiger partial charge is 0.186 e. The van der Waals surface area contributed by atoms with Crippen molar-refractivity contribution in [3.8, 4) is 0 Å². The number of hydrogen-bond donors (Lipinski definition) is 1. The van der Waals surface area contributed by atoms with Gasteiger partial charge in [0.2, 0.25) is 0 Å². The summed E-state index contributed by atoms with van der Waals surface area (Å²) in [4.78, 5) is 0. The van der Waals surface area contributed by atoms with Crippen LogP contribution in [-0.2, 0) is 4.74 Å². The van der Waals surface area contributed by atoms with Crippen LogP contribution in [0.3, 0.4) is 0 Å². The first kappa shape index (κ1) is 9.18. The van der Waals surface area contributed by atoms with Crippen molar-refractivity contribution in [1.29, 1.82) is 0 Å². The van der Waals surface area contributed by atoms with E-state index in [0.29, 0.717) is 17.0 Å². The van der Waals surface area contributed by atoms with Crippen LogP contribution < -0.4 is 5.32 Å². The molecule has 0 radical (unpaired) electrons. The summed E-state index contributed by atoms with van der Waals surface area (Å²) in [5.41, 5.74) is 0. The second kappa shape index (κ2) is 3.77. The lowest BCUT2D eigenvalue weighted by atomic mass is 10.1. The molecular formula is C7H10ClN3OS. The van der Waals surface area contributed by atoms with Crippen LogP contribution in [0.5, 0.6) is 0 Å². The molecule has 1 aliphatic heterocycles. The van der Waals surface area contributed by atoms with Crippen molar-refractivity contribution in [2.75, 3.05) is 11.9 Å². The maximum atomic E-state index is 5.80. The van der Waals surface area contributed by atoms with E-state index in [4.69, 9.17) is 16.3 Å². The normalized spacial score (nSPS) is 27.8. The number of aromatic nitrogens is 2. The Kier molecular flexibility index (Phi) is 2.66. The van der Waals surface area contributed by atoms with E-state index in [1.54, 1.807) is 0 Å². The van der Waals surface area contributed by atoms with Crippen molar-refractivity contribution in [2.24, 2.45) is 0 Å². The van der Waals surface area contributed by atoms with Crippen LogP contribution in [0.15, 0.2) is 0 Å². The second-order valence-electron chi connectivity index (χ2n) is 3.02. The fourth-order valence-corrected chi connectivity index (χ4v) is 2.02. The molecule has 72 valence electrons. The molecule has 1 aliphatic rings. The van der Waals surface area contributed by atoms with Gasteiger partial charge in [0, 0.05) is 6.61 Å². The SMILES string of the molecule is CC1OCCC1Nc1nsnc1Cl. The third-order valence-electron chi connectivity index (χ3n) is 2.15. The summed E-state index contributed by atoms with van der Waals surface area (Å²) in [5.74, 6) is 0.675. The van der Waals surface area contributed by atoms with Gasteiger partial charge in [-0.05, 0) is 13.3 Å². The highest BCUT2D eigenvalue weighted by atomic mass is 35.5. The molecule has 1 saturated heterocycles. The number of ether oxygens (including phenoxy) is 1. The Labute approximate surface area is 85.6 Å². The molecule has 2 atom stereocenters. The van der Waals surface area contributed by atoms with E-state index in [1.165, 1.54) is 0 Å². The van der Waals surface area contributed by atoms with E-state index < -0.39 is 0 Å². The van der Waals surface area contributed by atoms with Gasteiger partial charge in [-0.15, -0.1) is 0 Å². The maximum Gasteiger partial charge on any atom is 0.186 e. The summed E-state index contributed by atoms with van der Waals surface area (Å²) in [6, 6.07) is 0.307. The lowest BCUT2D eigenvalue weighted by Crippen LogP contribution is -2.26. The van der Waals surface area contributed by atoms with Crippen LogP contribution in [0, 0.1) is 0 Å². The number of nitrogens with zero attached hydrogens (tertiary/aromatic N) is 2. The minimum atomic E-state index is 0.220. The topological polar surface area (TPSA) is 47.0 Å². The van der Waals surface area contributed by atoms with Gasteiger partial charge in [-0.2, -0.15) is 8.75 Å². The summed E-state index contributed by atoms with van der Waals surface area (Å²) in [6.45, 7) is 2.84. The van der Waals surface area contributed by atoms with Gasteiger partial charge in [0.15, 0.2) is 11.0 Å². The van der Waals surface area contributed by atoms with Crippen molar-refractivity contribution in [3.63, 3.8) is 0 Å². The van der Waals surface area contributed by atoms with Gasteiger partial charge >= 0.3 is 0 Å². The van der Waals surface area contributed by atoms with E-state index in [9.17, 15) is 0 Å². The van der Waals surface area contributed by atoms with Crippen molar-refractivity contribution < 1.29 is 4.74 Å².